The van der Waals surface area contributed by atoms with Crippen LogP contribution in [0.15, 0.2) is 12.1 Å². The summed E-state index contributed by atoms with van der Waals surface area (Å²) in [6, 6.07) is 3.96. The molecule has 1 fully saturated rings. The van der Waals surface area contributed by atoms with Gasteiger partial charge in [0.25, 0.3) is 0 Å². The molecular weight excluding hydrogens is 290 g/mol. The summed E-state index contributed by atoms with van der Waals surface area (Å²) in [5, 5.41) is 3.08. The zero-order chi connectivity index (χ0) is 17.1. The molecule has 0 bridgehead atoms. The second kappa shape index (κ2) is 7.13. The lowest BCUT2D eigenvalue weighted by Gasteiger charge is -2.37. The molecule has 1 aliphatic rings. The molecule has 0 aromatic heterocycles. The number of hydrogen-bond donors (Lipinski definition) is 1. The van der Waals surface area contributed by atoms with E-state index in [-0.39, 0.29) is 17.9 Å². The number of rotatable bonds is 3. The van der Waals surface area contributed by atoms with Crippen molar-refractivity contribution >= 4 is 17.5 Å². The van der Waals surface area contributed by atoms with Gasteiger partial charge in [-0.1, -0.05) is 17.7 Å². The molecule has 1 N–H and O–H groups in total. The van der Waals surface area contributed by atoms with E-state index < -0.39 is 0 Å². The fourth-order valence-electron chi connectivity index (χ4n) is 3.19. The summed E-state index contributed by atoms with van der Waals surface area (Å²) in [5.74, 6) is 0.115. The zero-order valence-corrected chi connectivity index (χ0v) is 14.8. The van der Waals surface area contributed by atoms with Crippen molar-refractivity contribution in [2.45, 2.75) is 40.7 Å². The second-order valence-corrected chi connectivity index (χ2v) is 6.48. The molecule has 1 aromatic carbocycles. The lowest BCUT2D eigenvalue weighted by Crippen LogP contribution is -2.53. The Kier molecular flexibility index (Phi) is 5.42. The summed E-state index contributed by atoms with van der Waals surface area (Å²) >= 11 is 0. The van der Waals surface area contributed by atoms with Crippen molar-refractivity contribution in [3.8, 4) is 0 Å². The molecule has 0 aliphatic carbocycles. The SMILES string of the molecule is CC(=O)N1CCN(C(C)C(=O)Nc2c(C)cc(C)cc2C)CC1. The Balaban J connectivity index is 2.00. The third-order valence-electron chi connectivity index (χ3n) is 4.61. The van der Waals surface area contributed by atoms with Crippen LogP contribution in [0, 0.1) is 20.8 Å². The summed E-state index contributed by atoms with van der Waals surface area (Å²) in [7, 11) is 0. The van der Waals surface area contributed by atoms with Crippen molar-refractivity contribution in [3.63, 3.8) is 0 Å². The Morgan fingerprint density at radius 3 is 2.04 bits per heavy atom. The Morgan fingerprint density at radius 2 is 1.57 bits per heavy atom. The van der Waals surface area contributed by atoms with Crippen LogP contribution in [0.5, 0.6) is 0 Å². The average molecular weight is 317 g/mol. The van der Waals surface area contributed by atoms with Gasteiger partial charge in [-0.25, -0.2) is 0 Å². The Morgan fingerprint density at radius 1 is 1.04 bits per heavy atom. The molecule has 1 saturated heterocycles. The molecule has 23 heavy (non-hydrogen) atoms. The number of nitrogens with one attached hydrogen (secondary N) is 1. The standard InChI is InChI=1S/C18H27N3O2/c1-12-10-13(2)17(14(3)11-12)19-18(23)15(4)20-6-8-21(9-7-20)16(5)22/h10-11,15H,6-9H2,1-5H3,(H,19,23). The van der Waals surface area contributed by atoms with Crippen LogP contribution in [-0.4, -0.2) is 53.8 Å². The topological polar surface area (TPSA) is 52.7 Å². The van der Waals surface area contributed by atoms with Crippen LogP contribution in [0.1, 0.15) is 30.5 Å². The molecule has 2 amide bonds. The Labute approximate surface area is 138 Å². The van der Waals surface area contributed by atoms with Crippen molar-refractivity contribution in [1.82, 2.24) is 9.80 Å². The summed E-state index contributed by atoms with van der Waals surface area (Å²) in [6.45, 7) is 12.5. The van der Waals surface area contributed by atoms with Gasteiger partial charge < -0.3 is 10.2 Å². The molecule has 1 heterocycles. The highest BCUT2D eigenvalue weighted by Gasteiger charge is 2.26. The maximum atomic E-state index is 12.6. The molecule has 1 aromatic rings. The predicted octanol–water partition coefficient (Wildman–Crippen LogP) is 2.10. The zero-order valence-electron chi connectivity index (χ0n) is 14.8. The van der Waals surface area contributed by atoms with Gasteiger partial charge in [0.05, 0.1) is 6.04 Å². The van der Waals surface area contributed by atoms with Gasteiger partial charge in [-0.15, -0.1) is 0 Å². The lowest BCUT2D eigenvalue weighted by molar-refractivity contribution is -0.131. The van der Waals surface area contributed by atoms with Crippen LogP contribution in [0.4, 0.5) is 5.69 Å². The van der Waals surface area contributed by atoms with Crippen LogP contribution in [-0.2, 0) is 9.59 Å². The Hall–Kier alpha value is -1.88. The minimum atomic E-state index is -0.204. The number of carbonyl (C=O) groups is 2. The largest absolute Gasteiger partial charge is 0.340 e. The third kappa shape index (κ3) is 4.10. The monoisotopic (exact) mass is 317 g/mol. The number of hydrogen-bond acceptors (Lipinski definition) is 3. The molecule has 126 valence electrons. The van der Waals surface area contributed by atoms with Gasteiger partial charge >= 0.3 is 0 Å². The second-order valence-electron chi connectivity index (χ2n) is 6.48. The van der Waals surface area contributed by atoms with Crippen LogP contribution in [0.25, 0.3) is 0 Å². The van der Waals surface area contributed by atoms with Crippen molar-refractivity contribution in [1.29, 1.82) is 0 Å². The van der Waals surface area contributed by atoms with E-state index in [1.54, 1.807) is 6.92 Å². The normalized spacial score (nSPS) is 17.0. The Bertz CT molecular complexity index is 581. The minimum Gasteiger partial charge on any atom is -0.340 e. The molecule has 1 aliphatic heterocycles. The van der Waals surface area contributed by atoms with E-state index in [0.29, 0.717) is 13.1 Å². The number of nitrogens with zero attached hydrogens (tertiary/aromatic N) is 2. The van der Waals surface area contributed by atoms with Gasteiger partial charge in [0.15, 0.2) is 0 Å². The molecule has 5 heteroatoms. The van der Waals surface area contributed by atoms with E-state index in [9.17, 15) is 9.59 Å². The molecule has 0 spiro atoms. The summed E-state index contributed by atoms with van der Waals surface area (Å²) in [4.78, 5) is 27.9. The number of amides is 2. The fourth-order valence-corrected chi connectivity index (χ4v) is 3.19. The molecular formula is C18H27N3O2. The number of carbonyl (C=O) groups excluding carboxylic acids is 2. The molecule has 1 unspecified atom stereocenters. The van der Waals surface area contributed by atoms with Crippen LogP contribution in [0.3, 0.4) is 0 Å². The van der Waals surface area contributed by atoms with Gasteiger partial charge in [-0.2, -0.15) is 0 Å². The molecule has 2 rings (SSSR count). The quantitative estimate of drug-likeness (QED) is 0.929. The summed E-state index contributed by atoms with van der Waals surface area (Å²) in [5.41, 5.74) is 4.29. The molecule has 5 nitrogen and oxygen atoms in total. The van der Waals surface area contributed by atoms with Gasteiger partial charge in [0.1, 0.15) is 0 Å². The number of aryl methyl sites for hydroxylation is 3. The van der Waals surface area contributed by atoms with Gasteiger partial charge in [0.2, 0.25) is 11.8 Å². The van der Waals surface area contributed by atoms with Crippen LogP contribution < -0.4 is 5.32 Å². The van der Waals surface area contributed by atoms with E-state index in [4.69, 9.17) is 0 Å². The van der Waals surface area contributed by atoms with E-state index in [0.717, 1.165) is 29.9 Å². The first-order valence-corrected chi connectivity index (χ1v) is 8.18. The number of anilines is 1. The van der Waals surface area contributed by atoms with Crippen LogP contribution >= 0.6 is 0 Å². The minimum absolute atomic E-state index is 0.0105. The molecule has 0 radical (unpaired) electrons. The van der Waals surface area contributed by atoms with Gasteiger partial charge in [-0.05, 0) is 38.8 Å². The number of benzene rings is 1. The van der Waals surface area contributed by atoms with Gasteiger partial charge in [-0.3, -0.25) is 14.5 Å². The van der Waals surface area contributed by atoms with E-state index in [1.807, 2.05) is 25.7 Å². The fraction of sp³-hybridized carbons (Fsp3) is 0.556. The van der Waals surface area contributed by atoms with Crippen molar-refractivity contribution in [2.75, 3.05) is 31.5 Å². The van der Waals surface area contributed by atoms with Crippen molar-refractivity contribution in [2.24, 2.45) is 0 Å². The van der Waals surface area contributed by atoms with E-state index in [1.165, 1.54) is 5.56 Å². The summed E-state index contributed by atoms with van der Waals surface area (Å²) in [6.07, 6.45) is 0. The van der Waals surface area contributed by atoms with E-state index in [2.05, 4.69) is 29.3 Å². The third-order valence-corrected chi connectivity index (χ3v) is 4.61. The maximum Gasteiger partial charge on any atom is 0.241 e. The highest BCUT2D eigenvalue weighted by atomic mass is 16.2. The molecule has 0 saturated carbocycles. The van der Waals surface area contributed by atoms with Crippen molar-refractivity contribution in [3.05, 3.63) is 28.8 Å². The number of piperazine rings is 1. The highest BCUT2D eigenvalue weighted by molar-refractivity contribution is 5.96. The summed E-state index contributed by atoms with van der Waals surface area (Å²) < 4.78 is 0. The first-order chi connectivity index (χ1) is 10.8. The van der Waals surface area contributed by atoms with Gasteiger partial charge in [0, 0.05) is 38.8 Å². The highest BCUT2D eigenvalue weighted by Crippen LogP contribution is 2.22. The first-order valence-electron chi connectivity index (χ1n) is 8.18. The smallest absolute Gasteiger partial charge is 0.241 e. The average Bonchev–Trinajstić information content (AvgIpc) is 2.50. The first kappa shape index (κ1) is 17.5. The van der Waals surface area contributed by atoms with Crippen LogP contribution in [0.2, 0.25) is 0 Å². The molecule has 1 atom stereocenters. The lowest BCUT2D eigenvalue weighted by atomic mass is 10.0. The van der Waals surface area contributed by atoms with E-state index >= 15 is 0 Å². The maximum absolute atomic E-state index is 12.6. The van der Waals surface area contributed by atoms with Crippen molar-refractivity contribution < 1.29 is 9.59 Å². The predicted molar refractivity (Wildman–Crippen MR) is 92.6 cm³/mol.